The second kappa shape index (κ2) is 4.11. The largest absolute Gasteiger partial charge is 0.454 e. The molecular formula is C9H7N5O3S. The van der Waals surface area contributed by atoms with Crippen molar-refractivity contribution in [1.29, 1.82) is 0 Å². The molecule has 0 unspecified atom stereocenters. The molecule has 0 atom stereocenters. The SMILES string of the molecule is Nc1cc2c(cc1C(=O)Nc1nnns1)OCO2. The molecule has 0 spiro atoms. The Balaban J connectivity index is 1.90. The second-order valence-electron chi connectivity index (χ2n) is 3.41. The quantitative estimate of drug-likeness (QED) is 0.760. The Morgan fingerprint density at radius 2 is 2.17 bits per heavy atom. The lowest BCUT2D eigenvalue weighted by Gasteiger charge is -2.06. The number of ether oxygens (including phenoxy) is 2. The molecule has 3 rings (SSSR count). The molecule has 2 heterocycles. The number of hydrogen-bond donors (Lipinski definition) is 2. The van der Waals surface area contributed by atoms with Crippen molar-refractivity contribution >= 4 is 28.3 Å². The number of nitrogens with two attached hydrogens (primary N) is 1. The molecule has 0 saturated carbocycles. The molecule has 1 aromatic heterocycles. The maximum atomic E-state index is 12.0. The lowest BCUT2D eigenvalue weighted by Crippen LogP contribution is -2.13. The predicted molar refractivity (Wildman–Crippen MR) is 62.6 cm³/mol. The van der Waals surface area contributed by atoms with Crippen LogP contribution in [0.4, 0.5) is 10.8 Å². The third kappa shape index (κ3) is 1.80. The highest BCUT2D eigenvalue weighted by molar-refractivity contribution is 7.09. The van der Waals surface area contributed by atoms with E-state index in [0.29, 0.717) is 22.3 Å². The molecule has 3 N–H and O–H groups in total. The number of hydrogen-bond acceptors (Lipinski definition) is 8. The maximum Gasteiger partial charge on any atom is 0.259 e. The summed E-state index contributed by atoms with van der Waals surface area (Å²) in [5.74, 6) is 0.621. The third-order valence-corrected chi connectivity index (χ3v) is 2.82. The van der Waals surface area contributed by atoms with Crippen LogP contribution in [0.2, 0.25) is 0 Å². The zero-order chi connectivity index (χ0) is 12.5. The van der Waals surface area contributed by atoms with Gasteiger partial charge in [0.2, 0.25) is 11.9 Å². The summed E-state index contributed by atoms with van der Waals surface area (Å²) in [7, 11) is 0. The minimum atomic E-state index is -0.399. The second-order valence-corrected chi connectivity index (χ2v) is 4.15. The van der Waals surface area contributed by atoms with Gasteiger partial charge in [0.25, 0.3) is 5.91 Å². The van der Waals surface area contributed by atoms with Gasteiger partial charge in [0.05, 0.1) is 5.56 Å². The number of nitrogens with zero attached hydrogens (tertiary/aromatic N) is 3. The van der Waals surface area contributed by atoms with Gasteiger partial charge in [-0.25, -0.2) is 0 Å². The Bertz CT molecular complexity index is 601. The van der Waals surface area contributed by atoms with Crippen molar-refractivity contribution in [2.45, 2.75) is 0 Å². The van der Waals surface area contributed by atoms with Crippen molar-refractivity contribution in [2.24, 2.45) is 0 Å². The standard InChI is InChI=1S/C9H7N5O3S/c10-5-2-7-6(16-3-17-7)1-4(5)8(15)11-9-12-13-14-18-9/h1-2H,3,10H2,(H,11,12,14,15). The van der Waals surface area contributed by atoms with Gasteiger partial charge in [-0.2, -0.15) is 0 Å². The summed E-state index contributed by atoms with van der Waals surface area (Å²) < 4.78 is 13.9. The summed E-state index contributed by atoms with van der Waals surface area (Å²) in [4.78, 5) is 12.0. The number of nitrogen functional groups attached to an aromatic ring is 1. The van der Waals surface area contributed by atoms with Crippen LogP contribution in [0.25, 0.3) is 0 Å². The number of fused-ring (bicyclic) bond motifs is 1. The van der Waals surface area contributed by atoms with E-state index in [1.54, 1.807) is 6.07 Å². The molecule has 0 aliphatic carbocycles. The Labute approximate surface area is 105 Å². The van der Waals surface area contributed by atoms with E-state index >= 15 is 0 Å². The average Bonchev–Trinajstić information content (AvgIpc) is 2.98. The minimum Gasteiger partial charge on any atom is -0.454 e. The summed E-state index contributed by atoms with van der Waals surface area (Å²) in [6, 6.07) is 3.08. The monoisotopic (exact) mass is 265 g/mol. The van der Waals surface area contributed by atoms with Gasteiger partial charge < -0.3 is 15.2 Å². The summed E-state index contributed by atoms with van der Waals surface area (Å²) in [6.45, 7) is 0.125. The first-order valence-corrected chi connectivity index (χ1v) is 5.67. The van der Waals surface area contributed by atoms with Crippen molar-refractivity contribution in [3.05, 3.63) is 17.7 Å². The van der Waals surface area contributed by atoms with Gasteiger partial charge in [-0.15, -0.1) is 0 Å². The molecule has 0 saturated heterocycles. The Morgan fingerprint density at radius 1 is 1.39 bits per heavy atom. The lowest BCUT2D eigenvalue weighted by atomic mass is 10.1. The topological polar surface area (TPSA) is 112 Å². The fourth-order valence-electron chi connectivity index (χ4n) is 1.50. The summed E-state index contributed by atoms with van der Waals surface area (Å²) >= 11 is 0.976. The Morgan fingerprint density at radius 3 is 2.89 bits per heavy atom. The number of anilines is 2. The van der Waals surface area contributed by atoms with Crippen LogP contribution in [0.3, 0.4) is 0 Å². The van der Waals surface area contributed by atoms with Crippen LogP contribution in [-0.4, -0.2) is 27.5 Å². The van der Waals surface area contributed by atoms with Gasteiger partial charge in [-0.1, -0.05) is 9.59 Å². The summed E-state index contributed by atoms with van der Waals surface area (Å²) in [5.41, 5.74) is 6.37. The fourth-order valence-corrected chi connectivity index (χ4v) is 1.86. The molecule has 18 heavy (non-hydrogen) atoms. The predicted octanol–water partition coefficient (Wildman–Crippen LogP) is 0.496. The van der Waals surface area contributed by atoms with Crippen LogP contribution in [-0.2, 0) is 0 Å². The zero-order valence-corrected chi connectivity index (χ0v) is 9.73. The van der Waals surface area contributed by atoms with Crippen molar-refractivity contribution in [3.8, 4) is 11.5 Å². The number of carbonyl (C=O) groups is 1. The number of benzene rings is 1. The summed E-state index contributed by atoms with van der Waals surface area (Å²) in [6.07, 6.45) is 0. The highest BCUT2D eigenvalue weighted by Crippen LogP contribution is 2.36. The van der Waals surface area contributed by atoms with Gasteiger partial charge in [0.15, 0.2) is 11.5 Å². The van der Waals surface area contributed by atoms with Gasteiger partial charge in [-0.3, -0.25) is 10.1 Å². The van der Waals surface area contributed by atoms with E-state index in [4.69, 9.17) is 15.2 Å². The molecule has 1 amide bonds. The van der Waals surface area contributed by atoms with Crippen LogP contribution in [0.1, 0.15) is 10.4 Å². The average molecular weight is 265 g/mol. The van der Waals surface area contributed by atoms with Gasteiger partial charge >= 0.3 is 0 Å². The van der Waals surface area contributed by atoms with E-state index in [1.165, 1.54) is 6.07 Å². The highest BCUT2D eigenvalue weighted by Gasteiger charge is 2.20. The first kappa shape index (κ1) is 10.7. The van der Waals surface area contributed by atoms with Crippen LogP contribution >= 0.6 is 11.5 Å². The highest BCUT2D eigenvalue weighted by atomic mass is 32.1. The van der Waals surface area contributed by atoms with E-state index < -0.39 is 5.91 Å². The molecule has 2 aromatic rings. The molecule has 1 aliphatic heterocycles. The van der Waals surface area contributed by atoms with E-state index in [9.17, 15) is 4.79 Å². The van der Waals surface area contributed by atoms with E-state index in [-0.39, 0.29) is 12.4 Å². The Kier molecular flexibility index (Phi) is 2.45. The smallest absolute Gasteiger partial charge is 0.259 e. The Hall–Kier alpha value is -2.42. The molecule has 0 radical (unpaired) electrons. The number of rotatable bonds is 2. The van der Waals surface area contributed by atoms with Crippen LogP contribution < -0.4 is 20.5 Å². The van der Waals surface area contributed by atoms with E-state index in [2.05, 4.69) is 20.1 Å². The normalized spacial score (nSPS) is 12.4. The molecule has 0 bridgehead atoms. The first-order valence-electron chi connectivity index (χ1n) is 4.89. The molecule has 9 heteroatoms. The zero-order valence-electron chi connectivity index (χ0n) is 8.91. The van der Waals surface area contributed by atoms with E-state index in [0.717, 1.165) is 11.5 Å². The van der Waals surface area contributed by atoms with Gasteiger partial charge in [0.1, 0.15) is 0 Å². The number of aromatic nitrogens is 3. The van der Waals surface area contributed by atoms with Crippen molar-refractivity contribution < 1.29 is 14.3 Å². The fraction of sp³-hybridized carbons (Fsp3) is 0.111. The maximum absolute atomic E-state index is 12.0. The van der Waals surface area contributed by atoms with Gasteiger partial charge in [-0.05, 0) is 11.3 Å². The molecule has 92 valence electrons. The summed E-state index contributed by atoms with van der Waals surface area (Å²) in [5, 5.41) is 9.83. The van der Waals surface area contributed by atoms with Crippen molar-refractivity contribution in [3.63, 3.8) is 0 Å². The van der Waals surface area contributed by atoms with Crippen LogP contribution in [0.15, 0.2) is 12.1 Å². The number of carbonyl (C=O) groups excluding carboxylic acids is 1. The molecule has 0 fully saturated rings. The van der Waals surface area contributed by atoms with E-state index in [1.807, 2.05) is 0 Å². The molecule has 1 aromatic carbocycles. The first-order chi connectivity index (χ1) is 8.74. The lowest BCUT2D eigenvalue weighted by molar-refractivity contribution is 0.102. The van der Waals surface area contributed by atoms with Crippen molar-refractivity contribution in [1.82, 2.24) is 14.8 Å². The number of nitrogens with one attached hydrogen (secondary N) is 1. The third-order valence-electron chi connectivity index (χ3n) is 2.31. The molecule has 1 aliphatic rings. The van der Waals surface area contributed by atoms with Crippen LogP contribution in [0.5, 0.6) is 11.5 Å². The molecule has 8 nitrogen and oxygen atoms in total. The van der Waals surface area contributed by atoms with Gasteiger partial charge in [0, 0.05) is 23.3 Å². The molecular weight excluding hydrogens is 258 g/mol. The minimum absolute atomic E-state index is 0.125. The van der Waals surface area contributed by atoms with Crippen LogP contribution in [0, 0.1) is 0 Å². The number of amides is 1. The van der Waals surface area contributed by atoms with Crippen molar-refractivity contribution in [2.75, 3.05) is 17.8 Å².